The van der Waals surface area contributed by atoms with Gasteiger partial charge in [-0.1, -0.05) is 35.9 Å². The number of rotatable bonds is 5. The molecule has 0 bridgehead atoms. The summed E-state index contributed by atoms with van der Waals surface area (Å²) < 4.78 is 11.0. The van der Waals surface area contributed by atoms with Crippen LogP contribution in [0.2, 0.25) is 5.02 Å². The highest BCUT2D eigenvalue weighted by Gasteiger charge is 2.37. The third-order valence-electron chi connectivity index (χ3n) is 4.56. The van der Waals surface area contributed by atoms with Gasteiger partial charge in [-0.05, 0) is 29.3 Å². The number of fused-ring (bicyclic) bond motifs is 1. The Bertz CT molecular complexity index is 754. The molecular formula is C19H21ClN2O3. The topological polar surface area (TPSA) is 59.6 Å². The lowest BCUT2D eigenvalue weighted by atomic mass is 10.0. The first-order valence-electron chi connectivity index (χ1n) is 8.05. The molecule has 0 heterocycles. The van der Waals surface area contributed by atoms with Crippen molar-refractivity contribution < 1.29 is 14.3 Å². The van der Waals surface area contributed by atoms with Gasteiger partial charge in [0.15, 0.2) is 0 Å². The Hall–Kier alpha value is -2.24. The number of urea groups is 1. The van der Waals surface area contributed by atoms with Crippen molar-refractivity contribution in [3.05, 3.63) is 58.6 Å². The Morgan fingerprint density at radius 3 is 2.44 bits per heavy atom. The maximum absolute atomic E-state index is 12.3. The standard InChI is InChI=1S/C19H21ClN2O3/c1-24-17-8-7-15(20)9-16(17)22-18(23)21-12-19(25-2)10-13-5-3-4-6-14(13)11-19/h3-9H,10-12H2,1-2H3,(H2,21,22,23). The van der Waals surface area contributed by atoms with E-state index in [9.17, 15) is 4.79 Å². The van der Waals surface area contributed by atoms with Crippen molar-refractivity contribution in [3.8, 4) is 5.75 Å². The molecule has 2 aromatic carbocycles. The highest BCUT2D eigenvalue weighted by molar-refractivity contribution is 6.31. The zero-order valence-electron chi connectivity index (χ0n) is 14.3. The number of methoxy groups -OCH3 is 2. The van der Waals surface area contributed by atoms with E-state index in [1.54, 1.807) is 32.4 Å². The van der Waals surface area contributed by atoms with E-state index < -0.39 is 5.60 Å². The molecule has 2 amide bonds. The molecule has 0 fully saturated rings. The fourth-order valence-electron chi connectivity index (χ4n) is 3.19. The van der Waals surface area contributed by atoms with Gasteiger partial charge in [-0.15, -0.1) is 0 Å². The lowest BCUT2D eigenvalue weighted by molar-refractivity contribution is 0.00208. The molecule has 0 radical (unpaired) electrons. The van der Waals surface area contributed by atoms with Crippen LogP contribution in [0.4, 0.5) is 10.5 Å². The smallest absolute Gasteiger partial charge is 0.319 e. The summed E-state index contributed by atoms with van der Waals surface area (Å²) in [5.74, 6) is 0.550. The van der Waals surface area contributed by atoms with Crippen molar-refractivity contribution in [1.82, 2.24) is 5.32 Å². The third kappa shape index (κ3) is 3.89. The van der Waals surface area contributed by atoms with E-state index >= 15 is 0 Å². The number of carbonyl (C=O) groups is 1. The summed E-state index contributed by atoms with van der Waals surface area (Å²) in [6.07, 6.45) is 1.56. The van der Waals surface area contributed by atoms with Gasteiger partial charge in [0.05, 0.1) is 18.4 Å². The second kappa shape index (κ2) is 7.33. The molecule has 2 N–H and O–H groups in total. The third-order valence-corrected chi connectivity index (χ3v) is 4.79. The van der Waals surface area contributed by atoms with E-state index in [-0.39, 0.29) is 6.03 Å². The maximum atomic E-state index is 12.3. The van der Waals surface area contributed by atoms with Gasteiger partial charge in [0, 0.05) is 31.5 Å². The molecule has 1 aliphatic carbocycles. The van der Waals surface area contributed by atoms with Crippen LogP contribution in [0.3, 0.4) is 0 Å². The van der Waals surface area contributed by atoms with Crippen molar-refractivity contribution in [1.29, 1.82) is 0 Å². The number of halogens is 1. The predicted octanol–water partition coefficient (Wildman–Crippen LogP) is 3.65. The van der Waals surface area contributed by atoms with Gasteiger partial charge in [0.2, 0.25) is 0 Å². The van der Waals surface area contributed by atoms with Crippen molar-refractivity contribution in [2.24, 2.45) is 0 Å². The molecule has 0 atom stereocenters. The molecule has 2 aromatic rings. The highest BCUT2D eigenvalue weighted by atomic mass is 35.5. The average Bonchev–Trinajstić information content (AvgIpc) is 2.99. The van der Waals surface area contributed by atoms with Crippen molar-refractivity contribution in [2.45, 2.75) is 18.4 Å². The lowest BCUT2D eigenvalue weighted by Gasteiger charge is -2.27. The largest absolute Gasteiger partial charge is 0.495 e. The van der Waals surface area contributed by atoms with Crippen molar-refractivity contribution in [2.75, 3.05) is 26.1 Å². The summed E-state index contributed by atoms with van der Waals surface area (Å²) in [7, 11) is 3.23. The Morgan fingerprint density at radius 1 is 1.16 bits per heavy atom. The number of ether oxygens (including phenoxy) is 2. The summed E-state index contributed by atoms with van der Waals surface area (Å²) in [5.41, 5.74) is 2.64. The molecule has 6 heteroatoms. The van der Waals surface area contributed by atoms with Crippen molar-refractivity contribution >= 4 is 23.3 Å². The van der Waals surface area contributed by atoms with Gasteiger partial charge < -0.3 is 20.1 Å². The van der Waals surface area contributed by atoms with Crippen LogP contribution in [0.25, 0.3) is 0 Å². The SMILES string of the molecule is COc1ccc(Cl)cc1NC(=O)NCC1(OC)Cc2ccccc2C1. The Balaban J connectivity index is 1.63. The van der Waals surface area contributed by atoms with Crippen LogP contribution in [0.5, 0.6) is 5.75 Å². The van der Waals surface area contributed by atoms with Gasteiger partial charge in [-0.2, -0.15) is 0 Å². The van der Waals surface area contributed by atoms with Crippen LogP contribution in [0.1, 0.15) is 11.1 Å². The predicted molar refractivity (Wildman–Crippen MR) is 98.6 cm³/mol. The minimum Gasteiger partial charge on any atom is -0.495 e. The van der Waals surface area contributed by atoms with Crippen LogP contribution in [-0.2, 0) is 17.6 Å². The summed E-state index contributed by atoms with van der Waals surface area (Å²) >= 11 is 5.99. The Kier molecular flexibility index (Phi) is 5.16. The Morgan fingerprint density at radius 2 is 1.84 bits per heavy atom. The number of nitrogens with one attached hydrogen (secondary N) is 2. The number of carbonyl (C=O) groups excluding carboxylic acids is 1. The molecule has 3 rings (SSSR count). The van der Waals surface area contributed by atoms with Gasteiger partial charge in [0.25, 0.3) is 0 Å². The second-order valence-electron chi connectivity index (χ2n) is 6.16. The minimum absolute atomic E-state index is 0.326. The second-order valence-corrected chi connectivity index (χ2v) is 6.60. The van der Waals surface area contributed by atoms with Gasteiger partial charge >= 0.3 is 6.03 Å². The van der Waals surface area contributed by atoms with Crippen molar-refractivity contribution in [3.63, 3.8) is 0 Å². The number of amides is 2. The molecule has 25 heavy (non-hydrogen) atoms. The number of anilines is 1. The van der Waals surface area contributed by atoms with E-state index in [0.29, 0.717) is 23.0 Å². The Labute approximate surface area is 152 Å². The fourth-order valence-corrected chi connectivity index (χ4v) is 3.36. The molecule has 5 nitrogen and oxygen atoms in total. The van der Waals surface area contributed by atoms with Crippen LogP contribution in [-0.4, -0.2) is 32.4 Å². The maximum Gasteiger partial charge on any atom is 0.319 e. The zero-order chi connectivity index (χ0) is 17.9. The summed E-state index contributed by atoms with van der Waals surface area (Å²) in [5, 5.41) is 6.19. The molecule has 0 saturated heterocycles. The summed E-state index contributed by atoms with van der Waals surface area (Å²) in [4.78, 5) is 12.3. The van der Waals surface area contributed by atoms with E-state index in [2.05, 4.69) is 22.8 Å². The molecular weight excluding hydrogens is 340 g/mol. The molecule has 132 valence electrons. The van der Waals surface area contributed by atoms with Crippen LogP contribution in [0, 0.1) is 0 Å². The first kappa shape index (κ1) is 17.6. The van der Waals surface area contributed by atoms with Gasteiger partial charge in [-0.25, -0.2) is 4.79 Å². The first-order chi connectivity index (χ1) is 12.0. The minimum atomic E-state index is -0.417. The molecule has 0 aliphatic heterocycles. The fraction of sp³-hybridized carbons (Fsp3) is 0.316. The molecule has 0 spiro atoms. The monoisotopic (exact) mass is 360 g/mol. The molecule has 0 unspecified atom stereocenters. The van der Waals surface area contributed by atoms with E-state index in [1.165, 1.54) is 11.1 Å². The van der Waals surface area contributed by atoms with Crippen LogP contribution >= 0.6 is 11.6 Å². The number of hydrogen-bond donors (Lipinski definition) is 2. The summed E-state index contributed by atoms with van der Waals surface area (Å²) in [6.45, 7) is 0.410. The quantitative estimate of drug-likeness (QED) is 0.855. The average molecular weight is 361 g/mol. The van der Waals surface area contributed by atoms with E-state index in [1.807, 2.05) is 12.1 Å². The molecule has 1 aliphatic rings. The molecule has 0 aromatic heterocycles. The number of benzene rings is 2. The first-order valence-corrected chi connectivity index (χ1v) is 8.43. The van der Waals surface area contributed by atoms with Crippen LogP contribution in [0.15, 0.2) is 42.5 Å². The van der Waals surface area contributed by atoms with Crippen LogP contribution < -0.4 is 15.4 Å². The number of hydrogen-bond acceptors (Lipinski definition) is 3. The van der Waals surface area contributed by atoms with Gasteiger partial charge in [-0.3, -0.25) is 0 Å². The lowest BCUT2D eigenvalue weighted by Crippen LogP contribution is -2.46. The van der Waals surface area contributed by atoms with E-state index in [4.69, 9.17) is 21.1 Å². The highest BCUT2D eigenvalue weighted by Crippen LogP contribution is 2.32. The normalized spacial score (nSPS) is 14.7. The zero-order valence-corrected chi connectivity index (χ0v) is 15.0. The van der Waals surface area contributed by atoms with E-state index in [0.717, 1.165) is 12.8 Å². The molecule has 0 saturated carbocycles. The summed E-state index contributed by atoms with van der Waals surface area (Å²) in [6, 6.07) is 13.0. The van der Waals surface area contributed by atoms with Gasteiger partial charge in [0.1, 0.15) is 5.75 Å².